The molecule has 2 saturated heterocycles. The summed E-state index contributed by atoms with van der Waals surface area (Å²) in [5.41, 5.74) is 3.16. The van der Waals surface area contributed by atoms with Gasteiger partial charge >= 0.3 is 0 Å². The van der Waals surface area contributed by atoms with E-state index in [4.69, 9.17) is 4.98 Å². The van der Waals surface area contributed by atoms with Crippen molar-refractivity contribution < 1.29 is 4.79 Å². The van der Waals surface area contributed by atoms with Crippen molar-refractivity contribution in [1.29, 1.82) is 0 Å². The number of carbonyl (C=O) groups is 1. The minimum absolute atomic E-state index is 0.251. The van der Waals surface area contributed by atoms with Crippen molar-refractivity contribution in [2.75, 3.05) is 13.1 Å². The molecule has 2 aromatic carbocycles. The van der Waals surface area contributed by atoms with Crippen LogP contribution in [0, 0.1) is 0 Å². The molecule has 2 aliphatic heterocycles. The van der Waals surface area contributed by atoms with Crippen molar-refractivity contribution in [2.45, 2.75) is 44.2 Å². The number of hydrogen-bond donors (Lipinski definition) is 1. The molecule has 5 nitrogen and oxygen atoms in total. The van der Waals surface area contributed by atoms with Gasteiger partial charge in [-0.05, 0) is 43.5 Å². The number of hydrogen-bond acceptors (Lipinski definition) is 3. The van der Waals surface area contributed by atoms with Crippen LogP contribution in [0.25, 0.3) is 16.7 Å². The molecule has 1 aromatic heterocycles. The van der Waals surface area contributed by atoms with E-state index in [0.29, 0.717) is 24.9 Å². The molecule has 0 radical (unpaired) electrons. The third kappa shape index (κ3) is 3.31. The van der Waals surface area contributed by atoms with Gasteiger partial charge in [-0.25, -0.2) is 4.98 Å². The van der Waals surface area contributed by atoms with Crippen molar-refractivity contribution in [2.24, 2.45) is 0 Å². The lowest BCUT2D eigenvalue weighted by Gasteiger charge is -2.24. The van der Waals surface area contributed by atoms with Gasteiger partial charge in [-0.1, -0.05) is 30.3 Å². The number of benzene rings is 2. The molecule has 1 N–H and O–H groups in total. The number of fused-ring (bicyclic) bond motifs is 3. The molecule has 2 aliphatic rings. The zero-order chi connectivity index (χ0) is 18.9. The van der Waals surface area contributed by atoms with Crippen LogP contribution < -0.4 is 5.32 Å². The molecule has 3 aromatic rings. The second-order valence-electron chi connectivity index (χ2n) is 7.95. The van der Waals surface area contributed by atoms with Gasteiger partial charge in [-0.3, -0.25) is 9.36 Å². The summed E-state index contributed by atoms with van der Waals surface area (Å²) in [4.78, 5) is 19.8. The number of para-hydroxylation sites is 3. The highest BCUT2D eigenvalue weighted by atomic mass is 16.2. The maximum atomic E-state index is 12.9. The monoisotopic (exact) mass is 374 g/mol. The standard InChI is InChI=1S/C23H26N4O/c28-23(26-15-14-17-10-11-18(16-26)24-17)13-12-22-25-20-8-4-5-9-21(20)27(22)19-6-2-1-3-7-19/h1-9,17-18,24H,10-16H2. The first-order valence-electron chi connectivity index (χ1n) is 10.3. The maximum absolute atomic E-state index is 12.9. The first-order chi connectivity index (χ1) is 13.8. The SMILES string of the molecule is O=C(CCc1nc2ccccc2n1-c1ccccc1)N1CCC2CCC(C1)N2. The zero-order valence-corrected chi connectivity index (χ0v) is 16.1. The van der Waals surface area contributed by atoms with Gasteiger partial charge in [0.05, 0.1) is 11.0 Å². The fourth-order valence-corrected chi connectivity index (χ4v) is 4.66. The molecule has 144 valence electrons. The Morgan fingerprint density at radius 1 is 1.00 bits per heavy atom. The van der Waals surface area contributed by atoms with Crippen molar-refractivity contribution in [3.63, 3.8) is 0 Å². The molecule has 0 saturated carbocycles. The molecule has 2 unspecified atom stereocenters. The van der Waals surface area contributed by atoms with E-state index >= 15 is 0 Å². The first kappa shape index (κ1) is 17.4. The van der Waals surface area contributed by atoms with Crippen LogP contribution >= 0.6 is 0 Å². The number of likely N-dealkylation sites (tertiary alicyclic amines) is 1. The lowest BCUT2D eigenvalue weighted by molar-refractivity contribution is -0.131. The van der Waals surface area contributed by atoms with Crippen LogP contribution in [0.3, 0.4) is 0 Å². The average molecular weight is 374 g/mol. The average Bonchev–Trinajstić information content (AvgIpc) is 3.26. The van der Waals surface area contributed by atoms with Crippen LogP contribution in [-0.4, -0.2) is 45.5 Å². The summed E-state index contributed by atoms with van der Waals surface area (Å²) in [6.07, 6.45) is 4.69. The lowest BCUT2D eigenvalue weighted by atomic mass is 10.1. The maximum Gasteiger partial charge on any atom is 0.223 e. The van der Waals surface area contributed by atoms with E-state index in [2.05, 4.69) is 33.0 Å². The predicted molar refractivity (Wildman–Crippen MR) is 111 cm³/mol. The summed E-state index contributed by atoms with van der Waals surface area (Å²) >= 11 is 0. The quantitative estimate of drug-likeness (QED) is 0.762. The molecular weight excluding hydrogens is 348 g/mol. The van der Waals surface area contributed by atoms with Crippen molar-refractivity contribution in [1.82, 2.24) is 19.8 Å². The topological polar surface area (TPSA) is 50.2 Å². The summed E-state index contributed by atoms with van der Waals surface area (Å²) < 4.78 is 2.19. The smallest absolute Gasteiger partial charge is 0.223 e. The Labute approximate surface area is 165 Å². The van der Waals surface area contributed by atoms with Gasteiger partial charge in [0.2, 0.25) is 5.91 Å². The zero-order valence-electron chi connectivity index (χ0n) is 16.1. The number of imidazole rings is 1. The summed E-state index contributed by atoms with van der Waals surface area (Å²) in [6.45, 7) is 1.73. The number of nitrogens with zero attached hydrogens (tertiary/aromatic N) is 3. The third-order valence-corrected chi connectivity index (χ3v) is 6.08. The molecular formula is C23H26N4O. The van der Waals surface area contributed by atoms with E-state index in [-0.39, 0.29) is 5.91 Å². The highest BCUT2D eigenvalue weighted by molar-refractivity contribution is 5.79. The van der Waals surface area contributed by atoms with E-state index < -0.39 is 0 Å². The molecule has 3 heterocycles. The largest absolute Gasteiger partial charge is 0.341 e. The van der Waals surface area contributed by atoms with Crippen LogP contribution in [0.4, 0.5) is 0 Å². The predicted octanol–water partition coefficient (Wildman–Crippen LogP) is 3.31. The Morgan fingerprint density at radius 2 is 1.79 bits per heavy atom. The second-order valence-corrected chi connectivity index (χ2v) is 7.95. The number of aromatic nitrogens is 2. The van der Waals surface area contributed by atoms with E-state index in [0.717, 1.165) is 42.1 Å². The summed E-state index contributed by atoms with van der Waals surface area (Å²) in [5.74, 6) is 1.20. The number of nitrogens with one attached hydrogen (secondary N) is 1. The molecule has 0 spiro atoms. The molecule has 2 fully saturated rings. The van der Waals surface area contributed by atoms with E-state index in [9.17, 15) is 4.79 Å². The normalized spacial score (nSPS) is 21.8. The highest BCUT2D eigenvalue weighted by Crippen LogP contribution is 2.24. The molecule has 2 bridgehead atoms. The number of amides is 1. The van der Waals surface area contributed by atoms with Crippen molar-refractivity contribution >= 4 is 16.9 Å². The van der Waals surface area contributed by atoms with Gasteiger partial charge in [0.25, 0.3) is 0 Å². The fourth-order valence-electron chi connectivity index (χ4n) is 4.66. The van der Waals surface area contributed by atoms with Gasteiger partial charge in [-0.2, -0.15) is 0 Å². The number of rotatable bonds is 4. The molecule has 5 rings (SSSR count). The lowest BCUT2D eigenvalue weighted by Crippen LogP contribution is -2.39. The Kier molecular flexibility index (Phi) is 4.61. The molecule has 5 heteroatoms. The minimum Gasteiger partial charge on any atom is -0.341 e. The van der Waals surface area contributed by atoms with Gasteiger partial charge in [0.15, 0.2) is 0 Å². The Balaban J connectivity index is 1.37. The van der Waals surface area contributed by atoms with E-state index in [1.807, 2.05) is 36.4 Å². The summed E-state index contributed by atoms with van der Waals surface area (Å²) in [6, 6.07) is 19.6. The highest BCUT2D eigenvalue weighted by Gasteiger charge is 2.31. The van der Waals surface area contributed by atoms with Crippen LogP contribution in [0.2, 0.25) is 0 Å². The van der Waals surface area contributed by atoms with Gasteiger partial charge < -0.3 is 10.2 Å². The van der Waals surface area contributed by atoms with Crippen LogP contribution in [0.1, 0.15) is 31.5 Å². The minimum atomic E-state index is 0.251. The third-order valence-electron chi connectivity index (χ3n) is 6.08. The van der Waals surface area contributed by atoms with Crippen LogP contribution in [0.15, 0.2) is 54.6 Å². The van der Waals surface area contributed by atoms with Crippen molar-refractivity contribution in [3.05, 3.63) is 60.4 Å². The molecule has 0 aliphatic carbocycles. The van der Waals surface area contributed by atoms with E-state index in [1.165, 1.54) is 12.8 Å². The van der Waals surface area contributed by atoms with Crippen LogP contribution in [0.5, 0.6) is 0 Å². The molecule has 28 heavy (non-hydrogen) atoms. The van der Waals surface area contributed by atoms with Gasteiger partial charge in [-0.15, -0.1) is 0 Å². The first-order valence-corrected chi connectivity index (χ1v) is 10.3. The summed E-state index contributed by atoms with van der Waals surface area (Å²) in [7, 11) is 0. The second kappa shape index (κ2) is 7.40. The van der Waals surface area contributed by atoms with Crippen molar-refractivity contribution in [3.8, 4) is 5.69 Å². The van der Waals surface area contributed by atoms with Gasteiger partial charge in [0.1, 0.15) is 5.82 Å². The molecule has 2 atom stereocenters. The Morgan fingerprint density at radius 3 is 2.68 bits per heavy atom. The van der Waals surface area contributed by atoms with E-state index in [1.54, 1.807) is 0 Å². The van der Waals surface area contributed by atoms with Crippen LogP contribution in [-0.2, 0) is 11.2 Å². The summed E-state index contributed by atoms with van der Waals surface area (Å²) in [5, 5.41) is 3.65. The number of aryl methyl sites for hydroxylation is 1. The van der Waals surface area contributed by atoms with Gasteiger partial charge in [0, 0.05) is 43.7 Å². The Bertz CT molecular complexity index is 981. The molecule has 1 amide bonds. The Hall–Kier alpha value is -2.66. The number of carbonyl (C=O) groups excluding carboxylic acids is 1. The fraction of sp³-hybridized carbons (Fsp3) is 0.391.